The molecule has 1 saturated heterocycles. The number of anilines is 1. The molecule has 1 aromatic heterocycles. The first-order chi connectivity index (χ1) is 7.93. The van der Waals surface area contributed by atoms with Crippen LogP contribution in [0.1, 0.15) is 13.3 Å². The molecule has 3 N–H and O–H groups in total. The lowest BCUT2D eigenvalue weighted by molar-refractivity contribution is 0.178. The molecule has 1 aliphatic rings. The Hall–Kier alpha value is -1.18. The molecule has 0 saturated carbocycles. The number of pyridine rings is 1. The maximum absolute atomic E-state index is 12.1. The molecule has 7 heteroatoms. The van der Waals surface area contributed by atoms with Crippen molar-refractivity contribution in [3.05, 3.63) is 18.5 Å². The number of aromatic nitrogens is 1. The minimum absolute atomic E-state index is 0.00752. The van der Waals surface area contributed by atoms with Gasteiger partial charge in [-0.3, -0.25) is 4.98 Å². The molecule has 17 heavy (non-hydrogen) atoms. The van der Waals surface area contributed by atoms with Crippen LogP contribution in [-0.2, 0) is 14.8 Å². The highest BCUT2D eigenvalue weighted by molar-refractivity contribution is 7.89. The third-order valence-corrected chi connectivity index (χ3v) is 4.39. The Morgan fingerprint density at radius 3 is 2.94 bits per heavy atom. The smallest absolute Gasteiger partial charge is 0.244 e. The van der Waals surface area contributed by atoms with Crippen molar-refractivity contribution in [2.75, 3.05) is 18.9 Å². The lowest BCUT2D eigenvalue weighted by atomic mass is 10.0. The van der Waals surface area contributed by atoms with Crippen LogP contribution in [0.5, 0.6) is 0 Å². The maximum Gasteiger partial charge on any atom is 0.244 e. The van der Waals surface area contributed by atoms with Crippen molar-refractivity contribution in [3.8, 4) is 0 Å². The lowest BCUT2D eigenvalue weighted by Gasteiger charge is -2.23. The van der Waals surface area contributed by atoms with Gasteiger partial charge in [0.15, 0.2) is 0 Å². The molecule has 2 rings (SSSR count). The predicted molar refractivity (Wildman–Crippen MR) is 62.8 cm³/mol. The fourth-order valence-electron chi connectivity index (χ4n) is 1.74. The van der Waals surface area contributed by atoms with Gasteiger partial charge in [0.1, 0.15) is 4.90 Å². The average molecular weight is 257 g/mol. The number of hydrogen-bond acceptors (Lipinski definition) is 5. The lowest BCUT2D eigenvalue weighted by Crippen LogP contribution is -2.46. The van der Waals surface area contributed by atoms with Crippen molar-refractivity contribution >= 4 is 15.7 Å². The molecule has 1 unspecified atom stereocenters. The standard InChI is InChI=1S/C10H15N3O3S/c1-10(3-5-16-7-10)13-17(14,15)9-6-12-4-2-8(9)11/h2,4,6,13H,3,5,7H2,1H3,(H2,11,12). The van der Waals surface area contributed by atoms with E-state index in [0.717, 1.165) is 0 Å². The Labute approximate surface area is 100 Å². The molecule has 6 nitrogen and oxygen atoms in total. The van der Waals surface area contributed by atoms with Crippen LogP contribution in [-0.4, -0.2) is 32.2 Å². The van der Waals surface area contributed by atoms with Gasteiger partial charge in [0.25, 0.3) is 0 Å². The first-order valence-electron chi connectivity index (χ1n) is 5.24. The fraction of sp³-hybridized carbons (Fsp3) is 0.500. The summed E-state index contributed by atoms with van der Waals surface area (Å²) in [5.74, 6) is 0. The first-order valence-corrected chi connectivity index (χ1v) is 6.72. The second-order valence-corrected chi connectivity index (χ2v) is 6.03. The topological polar surface area (TPSA) is 94.3 Å². The Kier molecular flexibility index (Phi) is 3.07. The van der Waals surface area contributed by atoms with Gasteiger partial charge in [-0.2, -0.15) is 0 Å². The van der Waals surface area contributed by atoms with Gasteiger partial charge in [-0.25, -0.2) is 13.1 Å². The van der Waals surface area contributed by atoms with E-state index in [9.17, 15) is 8.42 Å². The van der Waals surface area contributed by atoms with E-state index in [1.807, 2.05) is 6.92 Å². The zero-order valence-electron chi connectivity index (χ0n) is 9.51. The van der Waals surface area contributed by atoms with Crippen molar-refractivity contribution in [1.29, 1.82) is 0 Å². The van der Waals surface area contributed by atoms with E-state index >= 15 is 0 Å². The van der Waals surface area contributed by atoms with Gasteiger partial charge in [-0.05, 0) is 19.4 Å². The Morgan fingerprint density at radius 2 is 2.35 bits per heavy atom. The number of nitrogen functional groups attached to an aromatic ring is 1. The van der Waals surface area contributed by atoms with Crippen molar-refractivity contribution in [2.45, 2.75) is 23.8 Å². The summed E-state index contributed by atoms with van der Waals surface area (Å²) in [6, 6.07) is 1.46. The molecule has 0 amide bonds. The summed E-state index contributed by atoms with van der Waals surface area (Å²) in [7, 11) is -3.65. The summed E-state index contributed by atoms with van der Waals surface area (Å²) >= 11 is 0. The molecule has 1 aromatic rings. The van der Waals surface area contributed by atoms with E-state index < -0.39 is 15.6 Å². The molecule has 2 heterocycles. The molecule has 1 atom stereocenters. The molecule has 0 spiro atoms. The van der Waals surface area contributed by atoms with E-state index in [1.165, 1.54) is 18.5 Å². The molecule has 1 aliphatic heterocycles. The SMILES string of the molecule is CC1(NS(=O)(=O)c2cnccc2N)CCOC1. The number of rotatable bonds is 3. The zero-order valence-corrected chi connectivity index (χ0v) is 10.3. The molecule has 0 bridgehead atoms. The zero-order chi connectivity index (χ0) is 12.5. The molecule has 1 fully saturated rings. The quantitative estimate of drug-likeness (QED) is 0.802. The number of nitrogens with one attached hydrogen (secondary N) is 1. The van der Waals surface area contributed by atoms with Crippen molar-refractivity contribution < 1.29 is 13.2 Å². The second kappa shape index (κ2) is 4.25. The Balaban J connectivity index is 2.28. The normalized spacial score (nSPS) is 25.0. The third kappa shape index (κ3) is 2.56. The van der Waals surface area contributed by atoms with Crippen LogP contribution >= 0.6 is 0 Å². The summed E-state index contributed by atoms with van der Waals surface area (Å²) < 4.78 is 32.1. The maximum atomic E-state index is 12.1. The van der Waals surface area contributed by atoms with E-state index in [2.05, 4.69) is 9.71 Å². The van der Waals surface area contributed by atoms with Crippen LogP contribution in [0.4, 0.5) is 5.69 Å². The Bertz CT molecular complexity index is 509. The summed E-state index contributed by atoms with van der Waals surface area (Å²) in [5.41, 5.74) is 5.26. The van der Waals surface area contributed by atoms with Gasteiger partial charge in [0, 0.05) is 19.0 Å². The molecule has 0 radical (unpaired) electrons. The summed E-state index contributed by atoms with van der Waals surface area (Å²) in [4.78, 5) is 3.79. The van der Waals surface area contributed by atoms with Crippen molar-refractivity contribution in [3.63, 3.8) is 0 Å². The minimum Gasteiger partial charge on any atom is -0.398 e. The van der Waals surface area contributed by atoms with Crippen LogP contribution in [0.2, 0.25) is 0 Å². The van der Waals surface area contributed by atoms with Crippen molar-refractivity contribution in [2.24, 2.45) is 0 Å². The summed E-state index contributed by atoms with van der Waals surface area (Å²) in [5, 5.41) is 0. The van der Waals surface area contributed by atoms with Crippen LogP contribution in [0.25, 0.3) is 0 Å². The molecule has 0 aliphatic carbocycles. The average Bonchev–Trinajstić information content (AvgIpc) is 2.64. The number of nitrogens with two attached hydrogens (primary N) is 1. The summed E-state index contributed by atoms with van der Waals surface area (Å²) in [6.45, 7) is 2.73. The first kappa shape index (κ1) is 12.3. The molecule has 94 valence electrons. The van der Waals surface area contributed by atoms with Crippen LogP contribution < -0.4 is 10.5 Å². The molecular formula is C10H15N3O3S. The third-order valence-electron chi connectivity index (χ3n) is 2.71. The van der Waals surface area contributed by atoms with Crippen LogP contribution in [0.3, 0.4) is 0 Å². The Morgan fingerprint density at radius 1 is 1.59 bits per heavy atom. The minimum atomic E-state index is -3.65. The second-order valence-electron chi connectivity index (χ2n) is 4.38. The van der Waals surface area contributed by atoms with E-state index in [4.69, 9.17) is 10.5 Å². The van der Waals surface area contributed by atoms with Crippen LogP contribution in [0, 0.1) is 0 Å². The van der Waals surface area contributed by atoms with E-state index in [0.29, 0.717) is 19.6 Å². The highest BCUT2D eigenvalue weighted by atomic mass is 32.2. The van der Waals surface area contributed by atoms with Gasteiger partial charge in [-0.15, -0.1) is 0 Å². The summed E-state index contributed by atoms with van der Waals surface area (Å²) in [6.07, 6.45) is 3.35. The monoisotopic (exact) mass is 257 g/mol. The van der Waals surface area contributed by atoms with Crippen molar-refractivity contribution in [1.82, 2.24) is 9.71 Å². The number of ether oxygens (including phenoxy) is 1. The molecular weight excluding hydrogens is 242 g/mol. The fourth-order valence-corrected chi connectivity index (χ4v) is 3.24. The number of nitrogens with zero attached hydrogens (tertiary/aromatic N) is 1. The predicted octanol–water partition coefficient (Wildman–Crippen LogP) is 0.121. The largest absolute Gasteiger partial charge is 0.398 e. The molecule has 0 aromatic carbocycles. The van der Waals surface area contributed by atoms with Crippen LogP contribution in [0.15, 0.2) is 23.4 Å². The highest BCUT2D eigenvalue weighted by Gasteiger charge is 2.35. The highest BCUT2D eigenvalue weighted by Crippen LogP contribution is 2.23. The number of sulfonamides is 1. The van der Waals surface area contributed by atoms with E-state index in [-0.39, 0.29) is 10.6 Å². The number of hydrogen-bond donors (Lipinski definition) is 2. The van der Waals surface area contributed by atoms with Gasteiger partial charge < -0.3 is 10.5 Å². The van der Waals surface area contributed by atoms with Gasteiger partial charge in [-0.1, -0.05) is 0 Å². The van der Waals surface area contributed by atoms with Gasteiger partial charge >= 0.3 is 0 Å². The van der Waals surface area contributed by atoms with Gasteiger partial charge in [0.2, 0.25) is 10.0 Å². The van der Waals surface area contributed by atoms with Gasteiger partial charge in [0.05, 0.1) is 17.8 Å². The van der Waals surface area contributed by atoms with E-state index in [1.54, 1.807) is 0 Å².